The lowest BCUT2D eigenvalue weighted by Gasteiger charge is -2.30. The number of carboxylic acid groups (broad SMARTS) is 1. The molecule has 0 aliphatic heterocycles. The summed E-state index contributed by atoms with van der Waals surface area (Å²) in [4.78, 5) is 11.0. The number of carbonyl (C=O) groups is 1. The van der Waals surface area contributed by atoms with Gasteiger partial charge in [0.05, 0.1) is 5.56 Å². The summed E-state index contributed by atoms with van der Waals surface area (Å²) in [6.07, 6.45) is 8.50. The van der Waals surface area contributed by atoms with E-state index in [1.54, 1.807) is 17.7 Å². The van der Waals surface area contributed by atoms with Crippen LogP contribution < -0.4 is 10.6 Å². The van der Waals surface area contributed by atoms with Crippen LogP contribution in [0.15, 0.2) is 60.2 Å². The maximum absolute atomic E-state index is 11.0. The highest BCUT2D eigenvalue weighted by Gasteiger charge is 2.41. The second kappa shape index (κ2) is 10.5. The molecule has 32 heavy (non-hydrogen) atoms. The van der Waals surface area contributed by atoms with Crippen molar-refractivity contribution in [3.63, 3.8) is 0 Å². The van der Waals surface area contributed by atoms with Crippen LogP contribution in [0.5, 0.6) is 0 Å². The van der Waals surface area contributed by atoms with Crippen LogP contribution in [0.2, 0.25) is 0 Å². The van der Waals surface area contributed by atoms with Crippen LogP contribution in [-0.4, -0.2) is 29.2 Å². The van der Waals surface area contributed by atoms with Crippen LogP contribution in [0.3, 0.4) is 0 Å². The fourth-order valence-corrected chi connectivity index (χ4v) is 4.99. The lowest BCUT2D eigenvalue weighted by Crippen LogP contribution is -2.41. The van der Waals surface area contributed by atoms with E-state index in [4.69, 9.17) is 5.11 Å². The number of carboxylic acids is 1. The molecule has 170 valence electrons. The van der Waals surface area contributed by atoms with E-state index in [0.29, 0.717) is 35.5 Å². The third kappa shape index (κ3) is 6.08. The Morgan fingerprint density at radius 1 is 1.00 bits per heavy atom. The Bertz CT molecular complexity index is 912. The van der Waals surface area contributed by atoms with Crippen LogP contribution in [0.1, 0.15) is 67.4 Å². The van der Waals surface area contributed by atoms with Crippen molar-refractivity contribution in [2.75, 3.05) is 0 Å². The molecule has 4 rings (SSSR count). The van der Waals surface area contributed by atoms with Crippen molar-refractivity contribution in [1.82, 2.24) is 10.6 Å². The first-order valence-electron chi connectivity index (χ1n) is 12.1. The Morgan fingerprint density at radius 3 is 2.28 bits per heavy atom. The Hall–Kier alpha value is -2.43. The van der Waals surface area contributed by atoms with E-state index >= 15 is 0 Å². The minimum absolute atomic E-state index is 0.345. The van der Waals surface area contributed by atoms with Crippen LogP contribution in [0.4, 0.5) is 0 Å². The van der Waals surface area contributed by atoms with E-state index in [9.17, 15) is 4.79 Å². The summed E-state index contributed by atoms with van der Waals surface area (Å²) >= 11 is 0. The molecule has 2 aromatic carbocycles. The van der Waals surface area contributed by atoms with Gasteiger partial charge in [0.1, 0.15) is 0 Å². The van der Waals surface area contributed by atoms with Gasteiger partial charge >= 0.3 is 5.97 Å². The minimum Gasteiger partial charge on any atom is -0.478 e. The Balaban J connectivity index is 1.21. The molecule has 4 heteroatoms. The van der Waals surface area contributed by atoms with Gasteiger partial charge < -0.3 is 15.7 Å². The lowest BCUT2D eigenvalue weighted by molar-refractivity contribution is 0.0697. The van der Waals surface area contributed by atoms with E-state index in [0.717, 1.165) is 12.1 Å². The second-order valence-corrected chi connectivity index (χ2v) is 9.76. The van der Waals surface area contributed by atoms with Gasteiger partial charge in [0.15, 0.2) is 0 Å². The first-order valence-corrected chi connectivity index (χ1v) is 12.1. The second-order valence-electron chi connectivity index (χ2n) is 9.76. The SMILES string of the molecule is CC(C)/C(=C\c1ccccc1)[C@@H]1C[C@H]1NC1CCC(NCc2ccc(C(=O)O)cc2)CC1. The van der Waals surface area contributed by atoms with Gasteiger partial charge in [-0.2, -0.15) is 0 Å². The van der Waals surface area contributed by atoms with Crippen molar-refractivity contribution in [3.05, 3.63) is 76.9 Å². The van der Waals surface area contributed by atoms with Crippen LogP contribution in [0.25, 0.3) is 6.08 Å². The molecule has 2 saturated carbocycles. The molecule has 0 unspecified atom stereocenters. The third-order valence-corrected chi connectivity index (χ3v) is 6.99. The van der Waals surface area contributed by atoms with E-state index in [-0.39, 0.29) is 0 Å². The molecule has 3 N–H and O–H groups in total. The molecule has 2 atom stereocenters. The molecule has 0 saturated heterocycles. The summed E-state index contributed by atoms with van der Waals surface area (Å²) in [7, 11) is 0. The van der Waals surface area contributed by atoms with E-state index in [2.05, 4.69) is 60.9 Å². The van der Waals surface area contributed by atoms with Crippen molar-refractivity contribution < 1.29 is 9.90 Å². The highest BCUT2D eigenvalue weighted by Crippen LogP contribution is 2.42. The van der Waals surface area contributed by atoms with Crippen molar-refractivity contribution in [1.29, 1.82) is 0 Å². The third-order valence-electron chi connectivity index (χ3n) is 6.99. The van der Waals surface area contributed by atoms with Crippen molar-refractivity contribution in [3.8, 4) is 0 Å². The minimum atomic E-state index is -0.871. The maximum Gasteiger partial charge on any atom is 0.335 e. The van der Waals surface area contributed by atoms with Crippen LogP contribution >= 0.6 is 0 Å². The molecular formula is C28H36N2O2. The summed E-state index contributed by atoms with van der Waals surface area (Å²) in [5.41, 5.74) is 4.38. The summed E-state index contributed by atoms with van der Waals surface area (Å²) in [5, 5.41) is 16.6. The van der Waals surface area contributed by atoms with Gasteiger partial charge in [-0.3, -0.25) is 0 Å². The van der Waals surface area contributed by atoms with Crippen molar-refractivity contribution >= 4 is 12.0 Å². The number of nitrogens with one attached hydrogen (secondary N) is 2. The smallest absolute Gasteiger partial charge is 0.335 e. The Kier molecular flexibility index (Phi) is 7.44. The average Bonchev–Trinajstić information content (AvgIpc) is 3.56. The molecule has 2 aromatic rings. The van der Waals surface area contributed by atoms with E-state index in [1.807, 2.05) is 12.1 Å². The van der Waals surface area contributed by atoms with Crippen LogP contribution in [-0.2, 0) is 6.54 Å². The van der Waals surface area contributed by atoms with Crippen molar-refractivity contribution in [2.45, 2.75) is 70.6 Å². The Morgan fingerprint density at radius 2 is 1.66 bits per heavy atom. The standard InChI is InChI=1S/C28H36N2O2/c1-19(2)25(16-20-6-4-3-5-7-20)26-17-27(26)30-24-14-12-23(13-15-24)29-18-21-8-10-22(11-9-21)28(31)32/h3-11,16,19,23-24,26-27,29-30H,12-15,17-18H2,1-2H3,(H,31,32)/b25-16+/t23?,24?,26-,27+/m0/s1. The zero-order valence-electron chi connectivity index (χ0n) is 19.3. The predicted octanol–water partition coefficient (Wildman–Crippen LogP) is 5.50. The Labute approximate surface area is 192 Å². The fraction of sp³-hybridized carbons (Fsp3) is 0.464. The number of hydrogen-bond donors (Lipinski definition) is 3. The predicted molar refractivity (Wildman–Crippen MR) is 131 cm³/mol. The zero-order chi connectivity index (χ0) is 22.5. The monoisotopic (exact) mass is 432 g/mol. The average molecular weight is 433 g/mol. The summed E-state index contributed by atoms with van der Waals surface area (Å²) in [6, 6.07) is 19.7. The van der Waals surface area contributed by atoms with Gasteiger partial charge in [0.2, 0.25) is 0 Å². The molecule has 2 aliphatic carbocycles. The molecular weight excluding hydrogens is 396 g/mol. The van der Waals surface area contributed by atoms with Gasteiger partial charge in [-0.25, -0.2) is 4.79 Å². The van der Waals surface area contributed by atoms with Crippen molar-refractivity contribution in [2.24, 2.45) is 11.8 Å². The summed E-state index contributed by atoms with van der Waals surface area (Å²) in [5.74, 6) is 0.389. The molecule has 0 bridgehead atoms. The summed E-state index contributed by atoms with van der Waals surface area (Å²) in [6.45, 7) is 5.43. The van der Waals surface area contributed by atoms with E-state index < -0.39 is 5.97 Å². The molecule has 0 aromatic heterocycles. The van der Waals surface area contributed by atoms with Gasteiger partial charge in [-0.05, 0) is 67.2 Å². The topological polar surface area (TPSA) is 61.4 Å². The molecule has 0 radical (unpaired) electrons. The highest BCUT2D eigenvalue weighted by molar-refractivity contribution is 5.87. The maximum atomic E-state index is 11.0. The van der Waals surface area contributed by atoms with Gasteiger partial charge in [-0.1, -0.05) is 68.0 Å². The zero-order valence-corrected chi connectivity index (χ0v) is 19.3. The molecule has 0 heterocycles. The fourth-order valence-electron chi connectivity index (χ4n) is 4.99. The molecule has 2 fully saturated rings. The van der Waals surface area contributed by atoms with Crippen LogP contribution in [0, 0.1) is 11.8 Å². The molecule has 2 aliphatic rings. The molecule has 0 spiro atoms. The normalized spacial score (nSPS) is 25.7. The van der Waals surface area contributed by atoms with E-state index in [1.165, 1.54) is 37.7 Å². The number of hydrogen-bond acceptors (Lipinski definition) is 3. The first-order chi connectivity index (χ1) is 15.5. The lowest BCUT2D eigenvalue weighted by atomic mass is 9.90. The quantitative estimate of drug-likeness (QED) is 0.489. The summed E-state index contributed by atoms with van der Waals surface area (Å²) < 4.78 is 0. The van der Waals surface area contributed by atoms with Gasteiger partial charge in [0, 0.05) is 24.7 Å². The number of benzene rings is 2. The number of aromatic carboxylic acids is 1. The van der Waals surface area contributed by atoms with Gasteiger partial charge in [0.25, 0.3) is 0 Å². The number of rotatable bonds is 9. The highest BCUT2D eigenvalue weighted by atomic mass is 16.4. The first kappa shape index (κ1) is 22.8. The molecule has 0 amide bonds. The largest absolute Gasteiger partial charge is 0.478 e. The molecule has 4 nitrogen and oxygen atoms in total. The van der Waals surface area contributed by atoms with Gasteiger partial charge in [-0.15, -0.1) is 0 Å².